The summed E-state index contributed by atoms with van der Waals surface area (Å²) in [6.45, 7) is 0.710. The standard InChI is InChI=1S/C13H18F2N2O/c14-10-5-3-6-11(15)13(10)12(17-16)8-9-4-1-2-7-18-9/h3,5-6,9,12,17H,1-2,4,7-8,16H2. The van der Waals surface area contributed by atoms with Crippen LogP contribution in [0.3, 0.4) is 0 Å². The quantitative estimate of drug-likeness (QED) is 0.642. The Bertz CT molecular complexity index is 374. The van der Waals surface area contributed by atoms with E-state index in [0.29, 0.717) is 13.0 Å². The molecule has 2 unspecified atom stereocenters. The van der Waals surface area contributed by atoms with E-state index in [4.69, 9.17) is 10.6 Å². The minimum absolute atomic E-state index is 0.00539. The van der Waals surface area contributed by atoms with Crippen LogP contribution in [-0.2, 0) is 4.74 Å². The second-order valence-corrected chi connectivity index (χ2v) is 4.58. The largest absolute Gasteiger partial charge is 0.378 e. The first-order valence-corrected chi connectivity index (χ1v) is 6.24. The van der Waals surface area contributed by atoms with Crippen LogP contribution in [0.4, 0.5) is 8.78 Å². The summed E-state index contributed by atoms with van der Waals surface area (Å²) in [6, 6.07) is 3.27. The van der Waals surface area contributed by atoms with E-state index >= 15 is 0 Å². The molecule has 0 radical (unpaired) electrons. The molecule has 3 nitrogen and oxygen atoms in total. The zero-order valence-electron chi connectivity index (χ0n) is 10.2. The highest BCUT2D eigenvalue weighted by Crippen LogP contribution is 2.27. The van der Waals surface area contributed by atoms with Crippen molar-refractivity contribution in [1.29, 1.82) is 0 Å². The topological polar surface area (TPSA) is 47.3 Å². The number of hydrogen-bond acceptors (Lipinski definition) is 3. The van der Waals surface area contributed by atoms with Crippen LogP contribution in [0.5, 0.6) is 0 Å². The van der Waals surface area contributed by atoms with Gasteiger partial charge < -0.3 is 4.74 Å². The SMILES string of the molecule is NNC(CC1CCCCO1)c1c(F)cccc1F. The molecule has 0 aliphatic carbocycles. The van der Waals surface area contributed by atoms with Gasteiger partial charge in [-0.15, -0.1) is 0 Å². The highest BCUT2D eigenvalue weighted by molar-refractivity contribution is 5.23. The second-order valence-electron chi connectivity index (χ2n) is 4.58. The van der Waals surface area contributed by atoms with Gasteiger partial charge in [0.25, 0.3) is 0 Å². The van der Waals surface area contributed by atoms with E-state index in [1.807, 2.05) is 0 Å². The fourth-order valence-corrected chi connectivity index (χ4v) is 2.37. The summed E-state index contributed by atoms with van der Waals surface area (Å²) in [5, 5.41) is 0. The molecule has 1 fully saturated rings. The van der Waals surface area contributed by atoms with E-state index in [0.717, 1.165) is 19.3 Å². The van der Waals surface area contributed by atoms with Crippen molar-refractivity contribution in [2.24, 2.45) is 5.84 Å². The predicted molar refractivity (Wildman–Crippen MR) is 64.6 cm³/mol. The second kappa shape index (κ2) is 6.22. The van der Waals surface area contributed by atoms with Gasteiger partial charge in [0, 0.05) is 12.2 Å². The molecule has 1 aromatic rings. The molecule has 0 aromatic heterocycles. The van der Waals surface area contributed by atoms with Crippen LogP contribution < -0.4 is 11.3 Å². The molecule has 3 N–H and O–H groups in total. The highest BCUT2D eigenvalue weighted by atomic mass is 19.1. The Kier molecular flexibility index (Phi) is 4.63. The molecule has 2 rings (SSSR count). The number of nitrogens with one attached hydrogen (secondary N) is 1. The van der Waals surface area contributed by atoms with Crippen LogP contribution >= 0.6 is 0 Å². The van der Waals surface area contributed by atoms with Gasteiger partial charge in [0.05, 0.1) is 12.1 Å². The molecule has 1 aromatic carbocycles. The summed E-state index contributed by atoms with van der Waals surface area (Å²) in [7, 11) is 0. The van der Waals surface area contributed by atoms with E-state index in [2.05, 4.69) is 5.43 Å². The molecule has 5 heteroatoms. The van der Waals surface area contributed by atoms with Crippen molar-refractivity contribution in [2.75, 3.05) is 6.61 Å². The van der Waals surface area contributed by atoms with E-state index in [1.54, 1.807) is 0 Å². The Hall–Kier alpha value is -1.04. The molecule has 0 spiro atoms. The molecule has 1 aliphatic heterocycles. The minimum atomic E-state index is -0.575. The van der Waals surface area contributed by atoms with Gasteiger partial charge in [-0.05, 0) is 37.8 Å². The Balaban J connectivity index is 2.12. The lowest BCUT2D eigenvalue weighted by atomic mass is 9.96. The predicted octanol–water partition coefficient (Wildman–Crippen LogP) is 2.43. The minimum Gasteiger partial charge on any atom is -0.378 e. The van der Waals surface area contributed by atoms with Crippen LogP contribution in [0.1, 0.15) is 37.3 Å². The average molecular weight is 256 g/mol. The Labute approximate surface area is 105 Å². The molecule has 0 bridgehead atoms. The smallest absolute Gasteiger partial charge is 0.130 e. The first-order valence-electron chi connectivity index (χ1n) is 6.24. The van der Waals surface area contributed by atoms with Crippen molar-refractivity contribution in [2.45, 2.75) is 37.8 Å². The summed E-state index contributed by atoms with van der Waals surface area (Å²) in [5.74, 6) is 4.27. The van der Waals surface area contributed by atoms with Crippen LogP contribution in [-0.4, -0.2) is 12.7 Å². The van der Waals surface area contributed by atoms with Gasteiger partial charge in [-0.25, -0.2) is 8.78 Å². The number of rotatable bonds is 4. The summed E-state index contributed by atoms with van der Waals surface area (Å²) >= 11 is 0. The van der Waals surface area contributed by atoms with Gasteiger partial charge in [0.2, 0.25) is 0 Å². The first kappa shape index (κ1) is 13.4. The van der Waals surface area contributed by atoms with Crippen LogP contribution in [0, 0.1) is 11.6 Å². The van der Waals surface area contributed by atoms with Gasteiger partial charge in [0.15, 0.2) is 0 Å². The number of benzene rings is 1. The maximum atomic E-state index is 13.7. The molecule has 100 valence electrons. The summed E-state index contributed by atoms with van der Waals surface area (Å²) in [4.78, 5) is 0. The molecule has 1 saturated heterocycles. The van der Waals surface area contributed by atoms with Crippen molar-refractivity contribution < 1.29 is 13.5 Å². The molecular formula is C13H18F2N2O. The Morgan fingerprint density at radius 1 is 1.33 bits per heavy atom. The zero-order chi connectivity index (χ0) is 13.0. The lowest BCUT2D eigenvalue weighted by Gasteiger charge is -2.27. The molecule has 0 amide bonds. The van der Waals surface area contributed by atoms with Gasteiger partial charge in [-0.3, -0.25) is 11.3 Å². The summed E-state index contributed by atoms with van der Waals surface area (Å²) in [5.41, 5.74) is 2.48. The van der Waals surface area contributed by atoms with Crippen LogP contribution in [0.15, 0.2) is 18.2 Å². The third-order valence-corrected chi connectivity index (χ3v) is 3.32. The van der Waals surface area contributed by atoms with Crippen molar-refractivity contribution in [3.05, 3.63) is 35.4 Å². The number of ether oxygens (including phenoxy) is 1. The number of halogens is 2. The van der Waals surface area contributed by atoms with E-state index in [1.165, 1.54) is 18.2 Å². The fourth-order valence-electron chi connectivity index (χ4n) is 2.37. The number of hydrazine groups is 1. The molecule has 0 saturated carbocycles. The molecule has 2 atom stereocenters. The van der Waals surface area contributed by atoms with Crippen LogP contribution in [0.25, 0.3) is 0 Å². The lowest BCUT2D eigenvalue weighted by molar-refractivity contribution is 0.00462. The highest BCUT2D eigenvalue weighted by Gasteiger charge is 2.24. The summed E-state index contributed by atoms with van der Waals surface area (Å²) < 4.78 is 32.9. The molecule has 1 heterocycles. The zero-order valence-corrected chi connectivity index (χ0v) is 10.2. The lowest BCUT2D eigenvalue weighted by Crippen LogP contribution is -2.34. The first-order chi connectivity index (χ1) is 8.72. The van der Waals surface area contributed by atoms with E-state index in [-0.39, 0.29) is 11.7 Å². The average Bonchev–Trinajstić information content (AvgIpc) is 2.38. The van der Waals surface area contributed by atoms with Crippen molar-refractivity contribution in [3.8, 4) is 0 Å². The Morgan fingerprint density at radius 2 is 2.06 bits per heavy atom. The van der Waals surface area contributed by atoms with Gasteiger partial charge in [-0.2, -0.15) is 0 Å². The van der Waals surface area contributed by atoms with Gasteiger partial charge in [0.1, 0.15) is 11.6 Å². The molecular weight excluding hydrogens is 238 g/mol. The number of nitrogens with two attached hydrogens (primary N) is 1. The Morgan fingerprint density at radius 3 is 2.61 bits per heavy atom. The van der Waals surface area contributed by atoms with Crippen molar-refractivity contribution >= 4 is 0 Å². The third-order valence-electron chi connectivity index (χ3n) is 3.32. The van der Waals surface area contributed by atoms with Crippen molar-refractivity contribution in [1.82, 2.24) is 5.43 Å². The van der Waals surface area contributed by atoms with Gasteiger partial charge in [-0.1, -0.05) is 6.07 Å². The molecule has 18 heavy (non-hydrogen) atoms. The maximum absolute atomic E-state index is 13.7. The normalized spacial score (nSPS) is 21.8. The maximum Gasteiger partial charge on any atom is 0.130 e. The van der Waals surface area contributed by atoms with E-state index in [9.17, 15) is 8.78 Å². The van der Waals surface area contributed by atoms with Gasteiger partial charge >= 0.3 is 0 Å². The molecule has 1 aliphatic rings. The monoisotopic (exact) mass is 256 g/mol. The fraction of sp³-hybridized carbons (Fsp3) is 0.538. The van der Waals surface area contributed by atoms with Crippen molar-refractivity contribution in [3.63, 3.8) is 0 Å². The third kappa shape index (κ3) is 3.04. The summed E-state index contributed by atoms with van der Waals surface area (Å²) in [6.07, 6.45) is 3.54. The number of hydrogen-bond donors (Lipinski definition) is 2. The van der Waals surface area contributed by atoms with E-state index < -0.39 is 17.7 Å². The van der Waals surface area contributed by atoms with Crippen LogP contribution in [0.2, 0.25) is 0 Å².